The Bertz CT molecular complexity index is 1240. The number of fused-ring (bicyclic) bond motifs is 1. The van der Waals surface area contributed by atoms with Crippen LogP contribution in [0.4, 0.5) is 13.2 Å². The van der Waals surface area contributed by atoms with E-state index in [1.807, 2.05) is 25.1 Å². The number of nitrogens with zero attached hydrogens (tertiary/aromatic N) is 4. The SMILES string of the molecule is Cc1nc2cc(OC[C@@H](O)CN3CCN(CC4=NOC(c5ccc(C(F)(F)F)cc5)C4)CC3)ccc2s1. The number of hydrogen-bond acceptors (Lipinski definition) is 8. The molecule has 2 atom stereocenters. The first-order valence-electron chi connectivity index (χ1n) is 12.2. The lowest BCUT2D eigenvalue weighted by Crippen LogP contribution is -2.50. The van der Waals surface area contributed by atoms with Gasteiger partial charge in [-0.3, -0.25) is 9.80 Å². The maximum absolute atomic E-state index is 12.8. The van der Waals surface area contributed by atoms with Gasteiger partial charge in [0.1, 0.15) is 18.5 Å². The Balaban J connectivity index is 1.02. The molecule has 0 bridgehead atoms. The zero-order valence-corrected chi connectivity index (χ0v) is 21.3. The van der Waals surface area contributed by atoms with Crippen LogP contribution in [-0.4, -0.2) is 77.6 Å². The summed E-state index contributed by atoms with van der Waals surface area (Å²) in [5.41, 5.74) is 1.82. The highest BCUT2D eigenvalue weighted by Gasteiger charge is 2.31. The van der Waals surface area contributed by atoms with Gasteiger partial charge < -0.3 is 14.7 Å². The normalized spacial score (nSPS) is 20.1. The second-order valence-corrected chi connectivity index (χ2v) is 10.7. The number of β-amino-alcohol motifs (C(OH)–C–C–N with tert-alkyl or cyclic N) is 1. The predicted molar refractivity (Wildman–Crippen MR) is 136 cm³/mol. The van der Waals surface area contributed by atoms with Crippen molar-refractivity contribution in [3.63, 3.8) is 0 Å². The van der Waals surface area contributed by atoms with Crippen molar-refractivity contribution in [3.8, 4) is 5.75 Å². The third kappa shape index (κ3) is 6.59. The van der Waals surface area contributed by atoms with E-state index in [1.165, 1.54) is 12.1 Å². The molecule has 1 N–H and O–H groups in total. The molecule has 3 heterocycles. The minimum absolute atomic E-state index is 0.217. The van der Waals surface area contributed by atoms with Crippen LogP contribution in [0.2, 0.25) is 0 Å². The fourth-order valence-electron chi connectivity index (χ4n) is 4.63. The summed E-state index contributed by atoms with van der Waals surface area (Å²) in [4.78, 5) is 14.5. The molecule has 198 valence electrons. The van der Waals surface area contributed by atoms with Crippen LogP contribution in [0.1, 0.15) is 28.7 Å². The summed E-state index contributed by atoms with van der Waals surface area (Å²) in [5, 5.41) is 15.7. The van der Waals surface area contributed by atoms with E-state index >= 15 is 0 Å². The molecule has 5 rings (SSSR count). The van der Waals surface area contributed by atoms with E-state index in [9.17, 15) is 18.3 Å². The smallest absolute Gasteiger partial charge is 0.416 e. The number of thiazole rings is 1. The van der Waals surface area contributed by atoms with Crippen LogP contribution in [0.25, 0.3) is 10.2 Å². The molecular weight excluding hydrogens is 505 g/mol. The van der Waals surface area contributed by atoms with Gasteiger partial charge in [-0.15, -0.1) is 11.3 Å². The summed E-state index contributed by atoms with van der Waals surface area (Å²) in [5.74, 6) is 0.704. The average Bonchev–Trinajstić information content (AvgIpc) is 3.49. The van der Waals surface area contributed by atoms with Gasteiger partial charge in [-0.2, -0.15) is 13.2 Å². The standard InChI is InChI=1S/C26H29F3N4O3S/c1-17-30-23-13-22(6-7-25(23)37-17)35-16-21(34)15-33-10-8-32(9-11-33)14-20-12-24(36-31-20)18-2-4-19(5-3-18)26(27,28)29/h2-7,13,21,24,34H,8-12,14-16H2,1H3/t21-,24?/m0/s1. The fraction of sp³-hybridized carbons (Fsp3) is 0.462. The van der Waals surface area contributed by atoms with Crippen LogP contribution < -0.4 is 4.74 Å². The number of aryl methyl sites for hydroxylation is 1. The van der Waals surface area contributed by atoms with Gasteiger partial charge in [0.25, 0.3) is 0 Å². The number of hydrogen-bond donors (Lipinski definition) is 1. The van der Waals surface area contributed by atoms with Crippen molar-refractivity contribution in [3.05, 3.63) is 58.6 Å². The van der Waals surface area contributed by atoms with Crippen molar-refractivity contribution < 1.29 is 27.9 Å². The summed E-state index contributed by atoms with van der Waals surface area (Å²) in [6.45, 7) is 6.68. The number of aliphatic hydroxyl groups excluding tert-OH is 1. The molecule has 1 fully saturated rings. The molecule has 2 aromatic carbocycles. The van der Waals surface area contributed by atoms with Crippen molar-refractivity contribution >= 4 is 27.3 Å². The molecule has 7 nitrogen and oxygen atoms in total. The number of alkyl halides is 3. The number of rotatable bonds is 8. The van der Waals surface area contributed by atoms with Crippen molar-refractivity contribution in [2.45, 2.75) is 31.7 Å². The monoisotopic (exact) mass is 534 g/mol. The molecular formula is C26H29F3N4O3S. The van der Waals surface area contributed by atoms with E-state index in [0.717, 1.165) is 59.2 Å². The maximum Gasteiger partial charge on any atom is 0.416 e. The van der Waals surface area contributed by atoms with E-state index in [4.69, 9.17) is 9.57 Å². The molecule has 1 saturated heterocycles. The average molecular weight is 535 g/mol. The van der Waals surface area contributed by atoms with E-state index in [0.29, 0.717) is 30.8 Å². The van der Waals surface area contributed by atoms with Gasteiger partial charge in [0.15, 0.2) is 6.10 Å². The molecule has 2 aliphatic heterocycles. The maximum atomic E-state index is 12.8. The third-order valence-electron chi connectivity index (χ3n) is 6.59. The summed E-state index contributed by atoms with van der Waals surface area (Å²) in [6, 6.07) is 10.9. The van der Waals surface area contributed by atoms with Gasteiger partial charge in [-0.1, -0.05) is 17.3 Å². The van der Waals surface area contributed by atoms with Crippen LogP contribution in [0.15, 0.2) is 47.6 Å². The second-order valence-electron chi connectivity index (χ2n) is 9.48. The first-order chi connectivity index (χ1) is 17.7. The summed E-state index contributed by atoms with van der Waals surface area (Å²) in [7, 11) is 0. The largest absolute Gasteiger partial charge is 0.491 e. The molecule has 2 aliphatic rings. The van der Waals surface area contributed by atoms with E-state index in [1.54, 1.807) is 11.3 Å². The Morgan fingerprint density at radius 1 is 1.11 bits per heavy atom. The number of benzene rings is 2. The molecule has 1 unspecified atom stereocenters. The Labute approximate surface area is 217 Å². The van der Waals surface area contributed by atoms with Crippen LogP contribution in [0.3, 0.4) is 0 Å². The molecule has 0 aliphatic carbocycles. The van der Waals surface area contributed by atoms with Crippen LogP contribution in [0, 0.1) is 6.92 Å². The van der Waals surface area contributed by atoms with E-state index in [-0.39, 0.29) is 12.7 Å². The first kappa shape index (κ1) is 25.9. The van der Waals surface area contributed by atoms with Crippen LogP contribution in [-0.2, 0) is 11.0 Å². The zero-order chi connectivity index (χ0) is 26.0. The van der Waals surface area contributed by atoms with Gasteiger partial charge in [-0.05, 0) is 36.8 Å². The molecule has 3 aromatic rings. The minimum Gasteiger partial charge on any atom is -0.491 e. The summed E-state index contributed by atoms with van der Waals surface area (Å²) >= 11 is 1.64. The van der Waals surface area contributed by atoms with Crippen molar-refractivity contribution in [2.24, 2.45) is 5.16 Å². The number of ether oxygens (including phenoxy) is 1. The zero-order valence-electron chi connectivity index (χ0n) is 20.4. The lowest BCUT2D eigenvalue weighted by molar-refractivity contribution is -0.137. The van der Waals surface area contributed by atoms with Crippen LogP contribution in [0.5, 0.6) is 5.75 Å². The van der Waals surface area contributed by atoms with Crippen molar-refractivity contribution in [1.29, 1.82) is 0 Å². The Morgan fingerprint density at radius 3 is 2.57 bits per heavy atom. The lowest BCUT2D eigenvalue weighted by Gasteiger charge is -2.35. The predicted octanol–water partition coefficient (Wildman–Crippen LogP) is 4.50. The number of oxime groups is 1. The van der Waals surface area contributed by atoms with E-state index < -0.39 is 17.8 Å². The molecule has 11 heteroatoms. The number of aromatic nitrogens is 1. The Morgan fingerprint density at radius 2 is 1.84 bits per heavy atom. The van der Waals surface area contributed by atoms with Gasteiger partial charge in [0.2, 0.25) is 0 Å². The lowest BCUT2D eigenvalue weighted by atomic mass is 10.0. The van der Waals surface area contributed by atoms with Crippen molar-refractivity contribution in [2.75, 3.05) is 45.9 Å². The topological polar surface area (TPSA) is 70.4 Å². The number of aliphatic hydroxyl groups is 1. The molecule has 0 spiro atoms. The minimum atomic E-state index is -4.35. The molecule has 0 amide bonds. The summed E-state index contributed by atoms with van der Waals surface area (Å²) in [6.07, 6.45) is -4.74. The molecule has 0 saturated carbocycles. The van der Waals surface area contributed by atoms with Gasteiger partial charge in [0.05, 0.1) is 26.5 Å². The van der Waals surface area contributed by atoms with E-state index in [2.05, 4.69) is 19.9 Å². The number of halogens is 3. The highest BCUT2D eigenvalue weighted by molar-refractivity contribution is 7.18. The Kier molecular flexibility index (Phi) is 7.66. The van der Waals surface area contributed by atoms with Gasteiger partial charge >= 0.3 is 6.18 Å². The third-order valence-corrected chi connectivity index (χ3v) is 7.54. The highest BCUT2D eigenvalue weighted by Crippen LogP contribution is 2.33. The van der Waals surface area contributed by atoms with Gasteiger partial charge in [0, 0.05) is 51.8 Å². The quantitative estimate of drug-likeness (QED) is 0.459. The molecule has 1 aromatic heterocycles. The first-order valence-corrected chi connectivity index (χ1v) is 13.1. The molecule has 37 heavy (non-hydrogen) atoms. The highest BCUT2D eigenvalue weighted by atomic mass is 32.1. The second kappa shape index (κ2) is 10.9. The van der Waals surface area contributed by atoms with Crippen molar-refractivity contribution in [1.82, 2.24) is 14.8 Å². The number of piperazine rings is 1. The molecule has 0 radical (unpaired) electrons. The van der Waals surface area contributed by atoms with Crippen LogP contribution >= 0.6 is 11.3 Å². The Hall–Kier alpha value is -2.73. The summed E-state index contributed by atoms with van der Waals surface area (Å²) < 4.78 is 45.3. The van der Waals surface area contributed by atoms with Gasteiger partial charge in [-0.25, -0.2) is 4.98 Å². The fourth-order valence-corrected chi connectivity index (χ4v) is 5.44.